The third kappa shape index (κ3) is 5.49. The van der Waals surface area contributed by atoms with E-state index in [4.69, 9.17) is 16.3 Å². The SMILES string of the molecule is Cc1cccc(OCCNC(=O)C2CCCN(C(=O)c3ccc(Cl)cc3)C2)c1. The maximum atomic E-state index is 12.7. The van der Waals surface area contributed by atoms with Crippen molar-refractivity contribution in [3.05, 3.63) is 64.7 Å². The van der Waals surface area contributed by atoms with Crippen molar-refractivity contribution in [1.82, 2.24) is 10.2 Å². The van der Waals surface area contributed by atoms with Crippen molar-refractivity contribution >= 4 is 23.4 Å². The van der Waals surface area contributed by atoms with Crippen molar-refractivity contribution in [2.45, 2.75) is 19.8 Å². The number of hydrogen-bond donors (Lipinski definition) is 1. The number of piperidine rings is 1. The van der Waals surface area contributed by atoms with Crippen LogP contribution in [0.5, 0.6) is 5.75 Å². The molecule has 0 saturated carbocycles. The molecule has 0 spiro atoms. The van der Waals surface area contributed by atoms with Gasteiger partial charge in [0.05, 0.1) is 12.5 Å². The van der Waals surface area contributed by atoms with E-state index in [2.05, 4.69) is 5.32 Å². The zero-order valence-corrected chi connectivity index (χ0v) is 16.7. The lowest BCUT2D eigenvalue weighted by Gasteiger charge is -2.32. The predicted octanol–water partition coefficient (Wildman–Crippen LogP) is 3.70. The predicted molar refractivity (Wildman–Crippen MR) is 110 cm³/mol. The Morgan fingerprint density at radius 3 is 2.75 bits per heavy atom. The molecule has 28 heavy (non-hydrogen) atoms. The van der Waals surface area contributed by atoms with Crippen LogP contribution < -0.4 is 10.1 Å². The Morgan fingerprint density at radius 2 is 2.00 bits per heavy atom. The molecule has 148 valence electrons. The maximum Gasteiger partial charge on any atom is 0.253 e. The van der Waals surface area contributed by atoms with Crippen LogP contribution in [-0.4, -0.2) is 43.0 Å². The van der Waals surface area contributed by atoms with E-state index in [0.29, 0.717) is 36.8 Å². The standard InChI is InChI=1S/C22H25ClN2O3/c1-16-4-2-6-20(14-16)28-13-11-24-21(26)18-5-3-12-25(15-18)22(27)17-7-9-19(23)10-8-17/h2,4,6-10,14,18H,3,5,11-13,15H2,1H3,(H,24,26). The number of nitrogens with zero attached hydrogens (tertiary/aromatic N) is 1. The molecular formula is C22H25ClN2O3. The summed E-state index contributed by atoms with van der Waals surface area (Å²) in [6.07, 6.45) is 1.60. The number of rotatable bonds is 6. The minimum atomic E-state index is -0.191. The van der Waals surface area contributed by atoms with Crippen molar-refractivity contribution in [2.24, 2.45) is 5.92 Å². The Morgan fingerprint density at radius 1 is 1.21 bits per heavy atom. The fourth-order valence-electron chi connectivity index (χ4n) is 3.34. The number of aryl methyl sites for hydroxylation is 1. The summed E-state index contributed by atoms with van der Waals surface area (Å²) in [7, 11) is 0. The first-order valence-electron chi connectivity index (χ1n) is 9.55. The number of amides is 2. The first-order valence-corrected chi connectivity index (χ1v) is 9.93. The lowest BCUT2D eigenvalue weighted by Crippen LogP contribution is -2.46. The summed E-state index contributed by atoms with van der Waals surface area (Å²) in [5.74, 6) is 0.522. The number of likely N-dealkylation sites (tertiary alicyclic amines) is 1. The highest BCUT2D eigenvalue weighted by molar-refractivity contribution is 6.30. The molecule has 1 N–H and O–H groups in total. The Bertz CT molecular complexity index is 823. The van der Waals surface area contributed by atoms with Crippen LogP contribution in [0.15, 0.2) is 48.5 Å². The summed E-state index contributed by atoms with van der Waals surface area (Å²) in [5, 5.41) is 3.52. The van der Waals surface area contributed by atoms with Gasteiger partial charge >= 0.3 is 0 Å². The molecule has 0 aliphatic carbocycles. The van der Waals surface area contributed by atoms with Crippen molar-refractivity contribution in [3.8, 4) is 5.75 Å². The topological polar surface area (TPSA) is 58.6 Å². The van der Waals surface area contributed by atoms with Gasteiger partial charge in [-0.15, -0.1) is 0 Å². The smallest absolute Gasteiger partial charge is 0.253 e. The monoisotopic (exact) mass is 400 g/mol. The fraction of sp³-hybridized carbons (Fsp3) is 0.364. The first-order chi connectivity index (χ1) is 13.5. The zero-order valence-electron chi connectivity index (χ0n) is 16.0. The quantitative estimate of drug-likeness (QED) is 0.752. The molecule has 1 aliphatic heterocycles. The molecule has 1 saturated heterocycles. The molecule has 1 unspecified atom stereocenters. The van der Waals surface area contributed by atoms with Gasteiger partial charge in [0, 0.05) is 23.7 Å². The van der Waals surface area contributed by atoms with Crippen molar-refractivity contribution < 1.29 is 14.3 Å². The van der Waals surface area contributed by atoms with E-state index in [1.165, 1.54) is 0 Å². The molecule has 0 aromatic heterocycles. The highest BCUT2D eigenvalue weighted by atomic mass is 35.5. The Labute approximate surface area is 170 Å². The second kappa shape index (κ2) is 9.60. The molecule has 1 aliphatic rings. The highest BCUT2D eigenvalue weighted by Gasteiger charge is 2.28. The number of carbonyl (C=O) groups is 2. The number of carbonyl (C=O) groups excluding carboxylic acids is 2. The van der Waals surface area contributed by atoms with Crippen LogP contribution in [0, 0.1) is 12.8 Å². The second-order valence-electron chi connectivity index (χ2n) is 7.05. The van der Waals surface area contributed by atoms with E-state index in [9.17, 15) is 9.59 Å². The summed E-state index contributed by atoms with van der Waals surface area (Å²) in [6, 6.07) is 14.7. The molecule has 0 bridgehead atoms. The van der Waals surface area contributed by atoms with E-state index in [0.717, 1.165) is 24.2 Å². The summed E-state index contributed by atoms with van der Waals surface area (Å²) in [4.78, 5) is 26.9. The molecular weight excluding hydrogens is 376 g/mol. The Hall–Kier alpha value is -2.53. The van der Waals surface area contributed by atoms with Crippen LogP contribution in [0.1, 0.15) is 28.8 Å². The van der Waals surface area contributed by atoms with Gasteiger partial charge in [-0.05, 0) is 61.7 Å². The average molecular weight is 401 g/mol. The minimum Gasteiger partial charge on any atom is -0.492 e. The third-order valence-corrected chi connectivity index (χ3v) is 5.08. The molecule has 2 amide bonds. The molecule has 5 nitrogen and oxygen atoms in total. The van der Waals surface area contributed by atoms with E-state index < -0.39 is 0 Å². The van der Waals surface area contributed by atoms with Gasteiger partial charge in [-0.2, -0.15) is 0 Å². The molecule has 1 fully saturated rings. The van der Waals surface area contributed by atoms with Crippen LogP contribution in [0.4, 0.5) is 0 Å². The van der Waals surface area contributed by atoms with Gasteiger partial charge in [0.2, 0.25) is 5.91 Å². The average Bonchev–Trinajstić information content (AvgIpc) is 2.71. The minimum absolute atomic E-state index is 0.0264. The van der Waals surface area contributed by atoms with Gasteiger partial charge in [-0.1, -0.05) is 23.7 Å². The molecule has 0 radical (unpaired) electrons. The molecule has 1 heterocycles. The molecule has 1 atom stereocenters. The highest BCUT2D eigenvalue weighted by Crippen LogP contribution is 2.20. The summed E-state index contributed by atoms with van der Waals surface area (Å²) in [6.45, 7) is 3.96. The van der Waals surface area contributed by atoms with Gasteiger partial charge in [0.15, 0.2) is 0 Å². The van der Waals surface area contributed by atoms with Crippen LogP contribution in [-0.2, 0) is 4.79 Å². The molecule has 2 aromatic carbocycles. The molecule has 2 aromatic rings. The van der Waals surface area contributed by atoms with E-state index in [1.807, 2.05) is 31.2 Å². The Kier molecular flexibility index (Phi) is 6.93. The first kappa shape index (κ1) is 20.2. The summed E-state index contributed by atoms with van der Waals surface area (Å²) < 4.78 is 5.66. The van der Waals surface area contributed by atoms with E-state index in [1.54, 1.807) is 29.2 Å². The van der Waals surface area contributed by atoms with Gasteiger partial charge < -0.3 is 15.0 Å². The van der Waals surface area contributed by atoms with Crippen LogP contribution in [0.3, 0.4) is 0 Å². The largest absolute Gasteiger partial charge is 0.492 e. The van der Waals surface area contributed by atoms with Gasteiger partial charge in [-0.3, -0.25) is 9.59 Å². The lowest BCUT2D eigenvalue weighted by molar-refractivity contribution is -0.126. The van der Waals surface area contributed by atoms with Crippen molar-refractivity contribution in [1.29, 1.82) is 0 Å². The molecule has 6 heteroatoms. The third-order valence-electron chi connectivity index (χ3n) is 4.83. The van der Waals surface area contributed by atoms with Gasteiger partial charge in [0.25, 0.3) is 5.91 Å². The number of benzene rings is 2. The van der Waals surface area contributed by atoms with Crippen molar-refractivity contribution in [2.75, 3.05) is 26.2 Å². The number of hydrogen-bond acceptors (Lipinski definition) is 3. The molecule has 3 rings (SSSR count). The zero-order chi connectivity index (χ0) is 19.9. The number of halogens is 1. The maximum absolute atomic E-state index is 12.7. The van der Waals surface area contributed by atoms with Crippen LogP contribution >= 0.6 is 11.6 Å². The summed E-state index contributed by atoms with van der Waals surface area (Å²) in [5.41, 5.74) is 1.73. The van der Waals surface area contributed by atoms with Crippen molar-refractivity contribution in [3.63, 3.8) is 0 Å². The van der Waals surface area contributed by atoms with Crippen LogP contribution in [0.25, 0.3) is 0 Å². The van der Waals surface area contributed by atoms with Crippen LogP contribution in [0.2, 0.25) is 5.02 Å². The normalized spacial score (nSPS) is 16.5. The lowest BCUT2D eigenvalue weighted by atomic mass is 9.96. The summed E-state index contributed by atoms with van der Waals surface area (Å²) >= 11 is 5.89. The van der Waals surface area contributed by atoms with Gasteiger partial charge in [-0.25, -0.2) is 0 Å². The Balaban J connectivity index is 1.46. The second-order valence-corrected chi connectivity index (χ2v) is 7.49. The number of nitrogens with one attached hydrogen (secondary N) is 1. The van der Waals surface area contributed by atoms with E-state index in [-0.39, 0.29) is 17.7 Å². The van der Waals surface area contributed by atoms with Gasteiger partial charge in [0.1, 0.15) is 12.4 Å². The van der Waals surface area contributed by atoms with E-state index >= 15 is 0 Å². The fourth-order valence-corrected chi connectivity index (χ4v) is 3.47. The number of ether oxygens (including phenoxy) is 1.